The highest BCUT2D eigenvalue weighted by atomic mass is 127. The first-order valence-electron chi connectivity index (χ1n) is 8.28. The topological polar surface area (TPSA) is 67.1 Å². The molecule has 7 heteroatoms. The molecule has 0 spiro atoms. The normalized spacial score (nSPS) is 13.5. The largest absolute Gasteiger partial charge is 0.357 e. The van der Waals surface area contributed by atoms with Gasteiger partial charge in [-0.25, -0.2) is 0 Å². The van der Waals surface area contributed by atoms with Gasteiger partial charge in [0.05, 0.1) is 0 Å². The van der Waals surface area contributed by atoms with Crippen LogP contribution in [-0.4, -0.2) is 40.4 Å². The Morgan fingerprint density at radius 3 is 2.64 bits per heavy atom. The molecule has 0 radical (unpaired) electrons. The minimum absolute atomic E-state index is 0. The molecule has 2 heterocycles. The second-order valence-corrected chi connectivity index (χ2v) is 5.39. The maximum atomic E-state index is 4.57. The van der Waals surface area contributed by atoms with Gasteiger partial charge in [0.25, 0.3) is 0 Å². The van der Waals surface area contributed by atoms with Crippen molar-refractivity contribution in [1.82, 2.24) is 25.4 Å². The summed E-state index contributed by atoms with van der Waals surface area (Å²) < 4.78 is 2.33. The minimum atomic E-state index is 0. The number of hydrogen-bond donors (Lipinski definition) is 2. The third-order valence-electron chi connectivity index (χ3n) is 3.70. The van der Waals surface area contributed by atoms with Gasteiger partial charge in [-0.1, -0.05) is 6.42 Å². The van der Waals surface area contributed by atoms with E-state index in [0.29, 0.717) is 0 Å². The first-order valence-corrected chi connectivity index (χ1v) is 8.28. The summed E-state index contributed by atoms with van der Waals surface area (Å²) in [5, 5.41) is 15.2. The van der Waals surface area contributed by atoms with Gasteiger partial charge in [-0.3, -0.25) is 4.99 Å². The molecule has 0 saturated carbocycles. The van der Waals surface area contributed by atoms with Crippen molar-refractivity contribution in [3.8, 4) is 0 Å². The number of nitrogens with one attached hydrogen (secondary N) is 2. The van der Waals surface area contributed by atoms with E-state index in [-0.39, 0.29) is 24.0 Å². The van der Waals surface area contributed by atoms with Gasteiger partial charge >= 0.3 is 0 Å². The quantitative estimate of drug-likeness (QED) is 0.320. The van der Waals surface area contributed by atoms with Crippen LogP contribution in [-0.2, 0) is 19.4 Å². The number of guanidine groups is 1. The molecule has 0 saturated heterocycles. The molecule has 0 unspecified atom stereocenters. The van der Waals surface area contributed by atoms with Crippen molar-refractivity contribution >= 4 is 29.9 Å². The number of aryl methyl sites for hydroxylation is 2. The summed E-state index contributed by atoms with van der Waals surface area (Å²) in [6.07, 6.45) is 6.86. The van der Waals surface area contributed by atoms with Crippen LogP contribution in [0.4, 0.5) is 0 Å². The SMILES string of the molecule is CCNC(=NCCCc1nnc2n1CCCCC2)NCC.I. The zero-order valence-corrected chi connectivity index (χ0v) is 16.1. The molecular formula is C15H29IN6. The van der Waals surface area contributed by atoms with Crippen molar-refractivity contribution in [2.24, 2.45) is 4.99 Å². The van der Waals surface area contributed by atoms with Crippen molar-refractivity contribution in [3.05, 3.63) is 11.6 Å². The third kappa shape index (κ3) is 5.73. The molecule has 1 aliphatic rings. The molecule has 22 heavy (non-hydrogen) atoms. The van der Waals surface area contributed by atoms with Gasteiger partial charge in [-0.05, 0) is 33.1 Å². The van der Waals surface area contributed by atoms with Crippen LogP contribution in [0.3, 0.4) is 0 Å². The molecule has 1 aromatic rings. The van der Waals surface area contributed by atoms with E-state index in [1.807, 2.05) is 0 Å². The first kappa shape index (κ1) is 19.2. The van der Waals surface area contributed by atoms with Gasteiger partial charge in [0, 0.05) is 39.0 Å². The predicted octanol–water partition coefficient (Wildman–Crippen LogP) is 2.13. The van der Waals surface area contributed by atoms with E-state index >= 15 is 0 Å². The molecule has 2 rings (SSSR count). The second kappa shape index (κ2) is 10.8. The maximum Gasteiger partial charge on any atom is 0.191 e. The Kier molecular flexibility index (Phi) is 9.42. The van der Waals surface area contributed by atoms with Crippen LogP contribution in [0.25, 0.3) is 0 Å². The molecular weight excluding hydrogens is 391 g/mol. The predicted molar refractivity (Wildman–Crippen MR) is 101 cm³/mol. The van der Waals surface area contributed by atoms with E-state index in [0.717, 1.165) is 57.2 Å². The van der Waals surface area contributed by atoms with Gasteiger partial charge in [0.1, 0.15) is 11.6 Å². The average molecular weight is 420 g/mol. The van der Waals surface area contributed by atoms with E-state index in [2.05, 4.69) is 44.2 Å². The molecule has 0 aromatic carbocycles. The Morgan fingerprint density at radius 2 is 1.91 bits per heavy atom. The van der Waals surface area contributed by atoms with E-state index in [1.165, 1.54) is 25.1 Å². The molecule has 6 nitrogen and oxygen atoms in total. The molecule has 1 aliphatic heterocycles. The molecule has 0 fully saturated rings. The summed E-state index contributed by atoms with van der Waals surface area (Å²) in [6, 6.07) is 0. The molecule has 126 valence electrons. The lowest BCUT2D eigenvalue weighted by molar-refractivity contribution is 0.597. The summed E-state index contributed by atoms with van der Waals surface area (Å²) in [5.41, 5.74) is 0. The molecule has 0 amide bonds. The standard InChI is InChI=1S/C15H28N6.HI/c1-3-16-15(17-4-2)18-11-8-10-14-20-19-13-9-6-5-7-12-21(13)14;/h3-12H2,1-2H3,(H2,16,17,18);1H. The van der Waals surface area contributed by atoms with Crippen LogP contribution < -0.4 is 10.6 Å². The number of halogens is 1. The van der Waals surface area contributed by atoms with Gasteiger partial charge in [-0.2, -0.15) is 0 Å². The van der Waals surface area contributed by atoms with Crippen LogP contribution in [0.15, 0.2) is 4.99 Å². The highest BCUT2D eigenvalue weighted by molar-refractivity contribution is 14.0. The molecule has 1 aromatic heterocycles. The number of rotatable bonds is 6. The van der Waals surface area contributed by atoms with Crippen LogP contribution in [0.1, 0.15) is 51.2 Å². The van der Waals surface area contributed by atoms with Gasteiger partial charge in [0.15, 0.2) is 5.96 Å². The summed E-state index contributed by atoms with van der Waals surface area (Å²) in [6.45, 7) is 7.85. The van der Waals surface area contributed by atoms with E-state index in [9.17, 15) is 0 Å². The Bertz CT molecular complexity index is 449. The van der Waals surface area contributed by atoms with Crippen LogP contribution in [0.5, 0.6) is 0 Å². The molecule has 0 atom stereocenters. The summed E-state index contributed by atoms with van der Waals surface area (Å²) in [4.78, 5) is 4.57. The minimum Gasteiger partial charge on any atom is -0.357 e. The number of fused-ring (bicyclic) bond motifs is 1. The number of hydrogen-bond acceptors (Lipinski definition) is 3. The Morgan fingerprint density at radius 1 is 1.14 bits per heavy atom. The fourth-order valence-electron chi connectivity index (χ4n) is 2.67. The summed E-state index contributed by atoms with van der Waals surface area (Å²) in [5.74, 6) is 3.21. The summed E-state index contributed by atoms with van der Waals surface area (Å²) >= 11 is 0. The van der Waals surface area contributed by atoms with Crippen molar-refractivity contribution in [2.75, 3.05) is 19.6 Å². The highest BCUT2D eigenvalue weighted by Gasteiger charge is 2.13. The Labute approximate surface area is 150 Å². The van der Waals surface area contributed by atoms with Crippen molar-refractivity contribution in [1.29, 1.82) is 0 Å². The van der Waals surface area contributed by atoms with E-state index in [4.69, 9.17) is 0 Å². The number of aromatic nitrogens is 3. The van der Waals surface area contributed by atoms with Crippen LogP contribution in [0, 0.1) is 0 Å². The van der Waals surface area contributed by atoms with Crippen molar-refractivity contribution in [3.63, 3.8) is 0 Å². The molecule has 2 N–H and O–H groups in total. The van der Waals surface area contributed by atoms with Gasteiger partial charge in [-0.15, -0.1) is 34.2 Å². The zero-order chi connectivity index (χ0) is 14.9. The zero-order valence-electron chi connectivity index (χ0n) is 13.8. The van der Waals surface area contributed by atoms with Gasteiger partial charge in [0.2, 0.25) is 0 Å². The lowest BCUT2D eigenvalue weighted by Gasteiger charge is -2.09. The lowest BCUT2D eigenvalue weighted by atomic mass is 10.2. The Hall–Kier alpha value is -0.860. The fraction of sp³-hybridized carbons (Fsp3) is 0.800. The second-order valence-electron chi connectivity index (χ2n) is 5.39. The van der Waals surface area contributed by atoms with Crippen molar-refractivity contribution < 1.29 is 0 Å². The van der Waals surface area contributed by atoms with E-state index in [1.54, 1.807) is 0 Å². The monoisotopic (exact) mass is 420 g/mol. The average Bonchev–Trinajstić information content (AvgIpc) is 2.71. The number of aliphatic imine (C=N–C) groups is 1. The maximum absolute atomic E-state index is 4.57. The van der Waals surface area contributed by atoms with Crippen LogP contribution >= 0.6 is 24.0 Å². The number of nitrogens with zero attached hydrogens (tertiary/aromatic N) is 4. The Balaban J connectivity index is 0.00000242. The van der Waals surface area contributed by atoms with Crippen molar-refractivity contribution in [2.45, 2.75) is 58.9 Å². The van der Waals surface area contributed by atoms with Gasteiger partial charge < -0.3 is 15.2 Å². The van der Waals surface area contributed by atoms with Crippen LogP contribution in [0.2, 0.25) is 0 Å². The summed E-state index contributed by atoms with van der Waals surface area (Å²) in [7, 11) is 0. The third-order valence-corrected chi connectivity index (χ3v) is 3.70. The smallest absolute Gasteiger partial charge is 0.191 e. The molecule has 0 bridgehead atoms. The lowest BCUT2D eigenvalue weighted by Crippen LogP contribution is -2.37. The fourth-order valence-corrected chi connectivity index (χ4v) is 2.67. The molecule has 0 aliphatic carbocycles. The van der Waals surface area contributed by atoms with E-state index < -0.39 is 0 Å². The first-order chi connectivity index (χ1) is 10.3. The highest BCUT2D eigenvalue weighted by Crippen LogP contribution is 2.15.